The SMILES string of the molecule is CC(C)(C)[Si](C)(C)Oc1ccc(C=CCc2c(OCc3ccccc3)cc(OCc3ccccc3)cc2O[Si](C)(C)C(C)(C)C)cc1OCc1ccccc1. The summed E-state index contributed by atoms with van der Waals surface area (Å²) in [4.78, 5) is 0. The van der Waals surface area contributed by atoms with Crippen LogP contribution in [0.5, 0.6) is 28.7 Å². The van der Waals surface area contributed by atoms with Crippen LogP contribution in [0.2, 0.25) is 36.3 Å². The second-order valence-corrected chi connectivity index (χ2v) is 26.7. The largest absolute Gasteiger partial charge is 0.543 e. The van der Waals surface area contributed by atoms with E-state index in [-0.39, 0.29) is 10.1 Å². The Bertz CT molecular complexity index is 1990. The van der Waals surface area contributed by atoms with Gasteiger partial charge in [0, 0.05) is 17.7 Å². The van der Waals surface area contributed by atoms with Crippen molar-refractivity contribution >= 4 is 22.7 Å². The summed E-state index contributed by atoms with van der Waals surface area (Å²) in [6, 6.07) is 41.0. The number of hydrogen-bond donors (Lipinski definition) is 0. The monoisotopic (exact) mass is 772 g/mol. The lowest BCUT2D eigenvalue weighted by atomic mass is 10.1. The number of rotatable bonds is 16. The molecule has 0 saturated carbocycles. The maximum Gasteiger partial charge on any atom is 0.250 e. The van der Waals surface area contributed by atoms with Gasteiger partial charge in [-0.25, -0.2) is 0 Å². The standard InChI is InChI=1S/C48H60O5Si2/c1-47(2,3)54(7,8)52-43-30-29-37(31-46(43)51-36-40-25-18-13-19-26-40)27-20-28-42-44(50-35-39-23-16-12-17-24-39)32-41(49-34-38-21-14-11-15-22-38)33-45(42)53-55(9,10)48(4,5)6/h11-27,29-33H,28,34-36H2,1-10H3. The van der Waals surface area contributed by atoms with E-state index in [1.165, 1.54) is 0 Å². The molecule has 0 radical (unpaired) electrons. The summed E-state index contributed by atoms with van der Waals surface area (Å²) in [6.45, 7) is 24.0. The molecule has 0 spiro atoms. The lowest BCUT2D eigenvalue weighted by molar-refractivity contribution is 0.286. The van der Waals surface area contributed by atoms with Crippen molar-refractivity contribution in [3.8, 4) is 28.7 Å². The van der Waals surface area contributed by atoms with Gasteiger partial charge in [-0.3, -0.25) is 0 Å². The van der Waals surface area contributed by atoms with Gasteiger partial charge in [-0.15, -0.1) is 0 Å². The van der Waals surface area contributed by atoms with E-state index in [0.29, 0.717) is 32.0 Å². The Hall–Kier alpha value is -4.73. The maximum absolute atomic E-state index is 7.08. The third kappa shape index (κ3) is 11.6. The van der Waals surface area contributed by atoms with Crippen molar-refractivity contribution in [3.63, 3.8) is 0 Å². The van der Waals surface area contributed by atoms with Crippen molar-refractivity contribution in [3.05, 3.63) is 155 Å². The highest BCUT2D eigenvalue weighted by atomic mass is 28.4. The first-order chi connectivity index (χ1) is 26.0. The molecule has 0 aliphatic carbocycles. The first-order valence-corrected chi connectivity index (χ1v) is 25.2. The summed E-state index contributed by atoms with van der Waals surface area (Å²) in [5.74, 6) is 3.79. The van der Waals surface area contributed by atoms with Crippen LogP contribution >= 0.6 is 0 Å². The van der Waals surface area contributed by atoms with E-state index in [0.717, 1.165) is 50.8 Å². The fourth-order valence-electron chi connectivity index (χ4n) is 5.31. The predicted octanol–water partition coefficient (Wildman–Crippen LogP) is 13.4. The summed E-state index contributed by atoms with van der Waals surface area (Å²) < 4.78 is 33.4. The van der Waals surface area contributed by atoms with Gasteiger partial charge < -0.3 is 23.1 Å². The van der Waals surface area contributed by atoms with E-state index in [1.54, 1.807) is 0 Å². The van der Waals surface area contributed by atoms with Gasteiger partial charge in [0.25, 0.3) is 8.32 Å². The molecule has 0 amide bonds. The van der Waals surface area contributed by atoms with Crippen molar-refractivity contribution in [1.82, 2.24) is 0 Å². The van der Waals surface area contributed by atoms with Crippen LogP contribution < -0.4 is 23.1 Å². The Morgan fingerprint density at radius 3 is 1.40 bits per heavy atom. The van der Waals surface area contributed by atoms with Gasteiger partial charge >= 0.3 is 0 Å². The van der Waals surface area contributed by atoms with Crippen LogP contribution in [0.25, 0.3) is 6.08 Å². The molecular formula is C48H60O5Si2. The molecule has 5 aromatic rings. The molecule has 55 heavy (non-hydrogen) atoms. The average molecular weight is 773 g/mol. The lowest BCUT2D eigenvalue weighted by Gasteiger charge is -2.37. The van der Waals surface area contributed by atoms with E-state index < -0.39 is 16.6 Å². The van der Waals surface area contributed by atoms with E-state index >= 15 is 0 Å². The highest BCUT2D eigenvalue weighted by Crippen LogP contribution is 2.43. The third-order valence-corrected chi connectivity index (χ3v) is 19.5. The molecular weight excluding hydrogens is 713 g/mol. The predicted molar refractivity (Wildman–Crippen MR) is 234 cm³/mol. The van der Waals surface area contributed by atoms with Crippen molar-refractivity contribution in [2.24, 2.45) is 0 Å². The molecule has 0 aliphatic rings. The minimum atomic E-state index is -2.25. The van der Waals surface area contributed by atoms with Gasteiger partial charge in [0.05, 0.1) is 0 Å². The summed E-state index contributed by atoms with van der Waals surface area (Å²) >= 11 is 0. The molecule has 290 valence electrons. The molecule has 0 bridgehead atoms. The average Bonchev–Trinajstić information content (AvgIpc) is 3.14. The Labute approximate surface area is 332 Å². The number of benzene rings is 5. The van der Waals surface area contributed by atoms with Gasteiger partial charge in [0.15, 0.2) is 5.75 Å². The van der Waals surface area contributed by atoms with Crippen LogP contribution in [0, 0.1) is 0 Å². The fourth-order valence-corrected chi connectivity index (χ4v) is 7.37. The third-order valence-electron chi connectivity index (χ3n) is 10.8. The quantitative estimate of drug-likeness (QED) is 0.0935. The molecule has 0 unspecified atom stereocenters. The molecule has 0 aliphatic heterocycles. The molecule has 5 nitrogen and oxygen atoms in total. The normalized spacial score (nSPS) is 12.4. The molecule has 0 saturated heterocycles. The van der Waals surface area contributed by atoms with E-state index in [9.17, 15) is 0 Å². The topological polar surface area (TPSA) is 46.2 Å². The van der Waals surface area contributed by atoms with E-state index in [1.807, 2.05) is 66.7 Å². The number of allylic oxidation sites excluding steroid dienone is 1. The van der Waals surface area contributed by atoms with Crippen molar-refractivity contribution in [1.29, 1.82) is 0 Å². The summed E-state index contributed by atoms with van der Waals surface area (Å²) in [6.07, 6.45) is 4.91. The Kier molecular flexibility index (Phi) is 13.4. The molecule has 0 atom stereocenters. The van der Waals surface area contributed by atoms with Gasteiger partial charge in [0.2, 0.25) is 8.32 Å². The first-order valence-electron chi connectivity index (χ1n) is 19.4. The van der Waals surface area contributed by atoms with Crippen LogP contribution in [-0.2, 0) is 26.2 Å². The van der Waals surface area contributed by atoms with Crippen LogP contribution in [0.15, 0.2) is 127 Å². The van der Waals surface area contributed by atoms with Crippen molar-refractivity contribution < 1.29 is 23.1 Å². The van der Waals surface area contributed by atoms with Crippen LogP contribution in [-0.4, -0.2) is 16.6 Å². The number of ether oxygens (including phenoxy) is 3. The highest BCUT2D eigenvalue weighted by molar-refractivity contribution is 6.75. The molecule has 5 rings (SSSR count). The zero-order valence-corrected chi connectivity index (χ0v) is 36.6. The molecule has 0 aromatic heterocycles. The van der Waals surface area contributed by atoms with Gasteiger partial charge in [0.1, 0.15) is 42.8 Å². The second kappa shape index (κ2) is 17.8. The number of hydrogen-bond acceptors (Lipinski definition) is 5. The van der Waals surface area contributed by atoms with E-state index in [4.69, 9.17) is 23.1 Å². The summed E-state index contributed by atoms with van der Waals surface area (Å²) in [5.41, 5.74) is 5.31. The zero-order valence-electron chi connectivity index (χ0n) is 34.6. The Morgan fingerprint density at radius 1 is 0.473 bits per heavy atom. The minimum Gasteiger partial charge on any atom is -0.543 e. The minimum absolute atomic E-state index is 0.00352. The maximum atomic E-state index is 7.08. The first kappa shape index (κ1) is 41.4. The summed E-state index contributed by atoms with van der Waals surface area (Å²) in [5, 5.41) is 0.0470. The Balaban J connectivity index is 1.50. The molecule has 0 heterocycles. The van der Waals surface area contributed by atoms with Crippen LogP contribution in [0.1, 0.15) is 69.4 Å². The highest BCUT2D eigenvalue weighted by Gasteiger charge is 2.40. The smallest absolute Gasteiger partial charge is 0.250 e. The summed E-state index contributed by atoms with van der Waals surface area (Å²) in [7, 11) is -4.36. The molecule has 0 N–H and O–H groups in total. The van der Waals surface area contributed by atoms with Gasteiger partial charge in [-0.2, -0.15) is 0 Å². The van der Waals surface area contributed by atoms with Crippen LogP contribution in [0.4, 0.5) is 0 Å². The Morgan fingerprint density at radius 2 is 0.909 bits per heavy atom. The lowest BCUT2D eigenvalue weighted by Crippen LogP contribution is -2.44. The van der Waals surface area contributed by atoms with E-state index in [2.05, 4.69) is 134 Å². The molecule has 7 heteroatoms. The molecule has 5 aromatic carbocycles. The zero-order chi connectivity index (χ0) is 39.7. The second-order valence-electron chi connectivity index (χ2n) is 17.3. The van der Waals surface area contributed by atoms with Gasteiger partial charge in [-0.05, 0) is 77.1 Å². The molecule has 0 fully saturated rings. The fraction of sp³-hybridized carbons (Fsp3) is 0.333. The van der Waals surface area contributed by atoms with Crippen molar-refractivity contribution in [2.75, 3.05) is 0 Å². The van der Waals surface area contributed by atoms with Crippen molar-refractivity contribution in [2.45, 2.75) is 104 Å². The van der Waals surface area contributed by atoms with Gasteiger partial charge in [-0.1, -0.05) is 151 Å². The van der Waals surface area contributed by atoms with Crippen LogP contribution in [0.3, 0.4) is 0 Å².